The number of pyridine rings is 1. The first-order chi connectivity index (χ1) is 7.61. The Morgan fingerprint density at radius 3 is 2.81 bits per heavy atom. The highest BCUT2D eigenvalue weighted by Gasteiger charge is 2.11. The van der Waals surface area contributed by atoms with E-state index in [9.17, 15) is 4.79 Å². The van der Waals surface area contributed by atoms with Crippen molar-refractivity contribution in [3.8, 4) is 5.88 Å². The number of carboxylic acid groups (broad SMARTS) is 1. The molecule has 5 heteroatoms. The van der Waals surface area contributed by atoms with Crippen LogP contribution in [0.4, 0.5) is 0 Å². The number of ether oxygens (including phenoxy) is 1. The van der Waals surface area contributed by atoms with Crippen molar-refractivity contribution in [2.45, 2.75) is 0 Å². The number of fused-ring (bicyclic) bond motifs is 1. The van der Waals surface area contributed by atoms with Crippen LogP contribution in [-0.2, 0) is 0 Å². The third-order valence-electron chi connectivity index (χ3n) is 2.17. The minimum Gasteiger partial charge on any atom is -0.481 e. The Morgan fingerprint density at radius 2 is 2.19 bits per heavy atom. The van der Waals surface area contributed by atoms with E-state index in [1.54, 1.807) is 12.1 Å². The highest BCUT2D eigenvalue weighted by Crippen LogP contribution is 2.25. The van der Waals surface area contributed by atoms with Crippen LogP contribution in [0.5, 0.6) is 5.88 Å². The van der Waals surface area contributed by atoms with Gasteiger partial charge in [0.25, 0.3) is 0 Å². The summed E-state index contributed by atoms with van der Waals surface area (Å²) >= 11 is 3.26. The molecule has 0 saturated carbocycles. The summed E-state index contributed by atoms with van der Waals surface area (Å²) in [5.74, 6) is -0.607. The summed E-state index contributed by atoms with van der Waals surface area (Å²) in [6.45, 7) is 0. The van der Waals surface area contributed by atoms with Crippen LogP contribution in [-0.4, -0.2) is 23.2 Å². The van der Waals surface area contributed by atoms with Crippen LogP contribution in [0.3, 0.4) is 0 Å². The molecule has 1 aromatic carbocycles. The number of methoxy groups -OCH3 is 1. The molecule has 2 aromatic rings. The summed E-state index contributed by atoms with van der Waals surface area (Å²) in [6, 6.07) is 6.81. The van der Waals surface area contributed by atoms with Gasteiger partial charge in [-0.1, -0.05) is 15.9 Å². The maximum absolute atomic E-state index is 11.1. The van der Waals surface area contributed by atoms with Crippen LogP contribution in [0.2, 0.25) is 0 Å². The van der Waals surface area contributed by atoms with E-state index in [1.165, 1.54) is 13.2 Å². The first-order valence-corrected chi connectivity index (χ1v) is 5.28. The molecule has 0 saturated heterocycles. The number of carboxylic acids is 1. The third kappa shape index (κ3) is 1.86. The van der Waals surface area contributed by atoms with E-state index in [1.807, 2.05) is 6.07 Å². The molecule has 0 bridgehead atoms. The van der Waals surface area contributed by atoms with Gasteiger partial charge < -0.3 is 9.84 Å². The average Bonchev–Trinajstić information content (AvgIpc) is 2.27. The molecule has 0 spiro atoms. The Hall–Kier alpha value is -1.62. The molecule has 0 unspecified atom stereocenters. The van der Waals surface area contributed by atoms with E-state index in [-0.39, 0.29) is 5.56 Å². The molecule has 0 atom stereocenters. The van der Waals surface area contributed by atoms with Gasteiger partial charge in [0.05, 0.1) is 18.2 Å². The van der Waals surface area contributed by atoms with Gasteiger partial charge in [-0.05, 0) is 18.2 Å². The van der Waals surface area contributed by atoms with Crippen LogP contribution in [0, 0.1) is 0 Å². The number of nitrogens with zero attached hydrogens (tertiary/aromatic N) is 1. The van der Waals surface area contributed by atoms with Crippen molar-refractivity contribution in [3.63, 3.8) is 0 Å². The van der Waals surface area contributed by atoms with Crippen LogP contribution < -0.4 is 4.74 Å². The van der Waals surface area contributed by atoms with Crippen molar-refractivity contribution in [3.05, 3.63) is 34.3 Å². The Balaban J connectivity index is 2.80. The number of halogens is 1. The summed E-state index contributed by atoms with van der Waals surface area (Å²) in [7, 11) is 1.49. The molecule has 0 aliphatic carbocycles. The minimum atomic E-state index is -1.01. The zero-order chi connectivity index (χ0) is 11.7. The largest absolute Gasteiger partial charge is 0.481 e. The van der Waals surface area contributed by atoms with Crippen LogP contribution in [0.1, 0.15) is 10.4 Å². The predicted octanol–water partition coefficient (Wildman–Crippen LogP) is 2.70. The zero-order valence-corrected chi connectivity index (χ0v) is 9.98. The summed E-state index contributed by atoms with van der Waals surface area (Å²) in [6.07, 6.45) is 0. The van der Waals surface area contributed by atoms with Crippen molar-refractivity contribution >= 4 is 32.8 Å². The Bertz CT molecular complexity index is 568. The average molecular weight is 282 g/mol. The van der Waals surface area contributed by atoms with Crippen molar-refractivity contribution < 1.29 is 14.6 Å². The van der Waals surface area contributed by atoms with Crippen molar-refractivity contribution in [2.24, 2.45) is 0 Å². The summed E-state index contributed by atoms with van der Waals surface area (Å²) in [4.78, 5) is 15.2. The van der Waals surface area contributed by atoms with Gasteiger partial charge in [-0.15, -0.1) is 0 Å². The first kappa shape index (κ1) is 10.9. The van der Waals surface area contributed by atoms with Crippen LogP contribution in [0.25, 0.3) is 10.9 Å². The molecule has 16 heavy (non-hydrogen) atoms. The molecule has 1 N–H and O–H groups in total. The molecule has 0 amide bonds. The number of aromatic carboxylic acids is 1. The Morgan fingerprint density at radius 1 is 1.44 bits per heavy atom. The number of rotatable bonds is 2. The minimum absolute atomic E-state index is 0.156. The quantitative estimate of drug-likeness (QED) is 0.920. The number of aromatic nitrogens is 1. The van der Waals surface area contributed by atoms with Gasteiger partial charge in [0.2, 0.25) is 5.88 Å². The Kier molecular flexibility index (Phi) is 2.78. The maximum atomic E-state index is 11.1. The van der Waals surface area contributed by atoms with E-state index < -0.39 is 5.97 Å². The third-order valence-corrected chi connectivity index (χ3v) is 2.63. The lowest BCUT2D eigenvalue weighted by Crippen LogP contribution is -2.00. The monoisotopic (exact) mass is 281 g/mol. The van der Waals surface area contributed by atoms with Crippen molar-refractivity contribution in [2.75, 3.05) is 7.11 Å². The molecule has 82 valence electrons. The predicted molar refractivity (Wildman–Crippen MR) is 63.0 cm³/mol. The lowest BCUT2D eigenvalue weighted by atomic mass is 10.1. The lowest BCUT2D eigenvalue weighted by molar-refractivity contribution is 0.0698. The maximum Gasteiger partial charge on any atom is 0.337 e. The van der Waals surface area contributed by atoms with Crippen LogP contribution >= 0.6 is 15.9 Å². The standard InChI is InChI=1S/C11H8BrNO3/c1-16-9-3-2-6-4-7(12)5-8(11(14)15)10(6)13-9/h2-5H,1H3,(H,14,15). The van der Waals surface area contributed by atoms with E-state index in [2.05, 4.69) is 20.9 Å². The molecule has 4 nitrogen and oxygen atoms in total. The second-order valence-electron chi connectivity index (χ2n) is 3.18. The lowest BCUT2D eigenvalue weighted by Gasteiger charge is -2.05. The first-order valence-electron chi connectivity index (χ1n) is 4.49. The molecule has 2 rings (SSSR count). The molecular weight excluding hydrogens is 274 g/mol. The number of carbonyl (C=O) groups is 1. The molecule has 0 fully saturated rings. The number of benzene rings is 1. The second-order valence-corrected chi connectivity index (χ2v) is 4.10. The van der Waals surface area contributed by atoms with Gasteiger partial charge in [-0.2, -0.15) is 0 Å². The molecule has 0 radical (unpaired) electrons. The fourth-order valence-corrected chi connectivity index (χ4v) is 1.93. The summed E-state index contributed by atoms with van der Waals surface area (Å²) in [5.41, 5.74) is 0.582. The summed E-state index contributed by atoms with van der Waals surface area (Å²) in [5, 5.41) is 9.83. The van der Waals surface area contributed by atoms with Crippen LogP contribution in [0.15, 0.2) is 28.7 Å². The van der Waals surface area contributed by atoms with Crippen molar-refractivity contribution in [1.29, 1.82) is 0 Å². The van der Waals surface area contributed by atoms with Gasteiger partial charge in [0.1, 0.15) is 0 Å². The highest BCUT2D eigenvalue weighted by molar-refractivity contribution is 9.10. The molecular formula is C11H8BrNO3. The van der Waals surface area contributed by atoms with E-state index in [0.29, 0.717) is 15.9 Å². The van der Waals surface area contributed by atoms with E-state index >= 15 is 0 Å². The molecule has 0 aliphatic heterocycles. The summed E-state index contributed by atoms with van der Waals surface area (Å²) < 4.78 is 5.68. The van der Waals surface area contributed by atoms with E-state index in [4.69, 9.17) is 9.84 Å². The SMILES string of the molecule is COc1ccc2cc(Br)cc(C(=O)O)c2n1. The fourth-order valence-electron chi connectivity index (χ4n) is 1.46. The highest BCUT2D eigenvalue weighted by atomic mass is 79.9. The molecule has 1 aromatic heterocycles. The van der Waals surface area contributed by atoms with Gasteiger partial charge >= 0.3 is 5.97 Å². The second kappa shape index (κ2) is 4.09. The van der Waals surface area contributed by atoms with Crippen molar-refractivity contribution in [1.82, 2.24) is 4.98 Å². The molecule has 0 aliphatic rings. The van der Waals surface area contributed by atoms with Gasteiger partial charge in [-0.3, -0.25) is 0 Å². The number of hydrogen-bond acceptors (Lipinski definition) is 3. The van der Waals surface area contributed by atoms with Gasteiger partial charge in [0, 0.05) is 15.9 Å². The smallest absolute Gasteiger partial charge is 0.337 e. The zero-order valence-electron chi connectivity index (χ0n) is 8.40. The van der Waals surface area contributed by atoms with Gasteiger partial charge in [-0.25, -0.2) is 9.78 Å². The molecule has 1 heterocycles. The fraction of sp³-hybridized carbons (Fsp3) is 0.0909. The normalized spacial score (nSPS) is 10.4. The van der Waals surface area contributed by atoms with E-state index in [0.717, 1.165) is 5.39 Å². The van der Waals surface area contributed by atoms with Gasteiger partial charge in [0.15, 0.2) is 0 Å². The Labute approximate surface area is 100.0 Å². The number of hydrogen-bond donors (Lipinski definition) is 1. The topological polar surface area (TPSA) is 59.4 Å².